The molecular weight excluding hydrogens is 471 g/mol. The summed E-state index contributed by atoms with van der Waals surface area (Å²) in [5.41, 5.74) is 0. The molecule has 0 heterocycles. The normalized spacial score (nSPS) is 10.3. The van der Waals surface area contributed by atoms with Crippen LogP contribution in [0.4, 0.5) is 22.0 Å². The van der Waals surface area contributed by atoms with E-state index in [0.717, 1.165) is 0 Å². The van der Waals surface area contributed by atoms with Crippen LogP contribution in [0, 0.1) is 0 Å². The second kappa shape index (κ2) is 15.4. The summed E-state index contributed by atoms with van der Waals surface area (Å²) >= 11 is 0. The first kappa shape index (κ1) is 31.8. The summed E-state index contributed by atoms with van der Waals surface area (Å²) in [6, 6.07) is 30.5. The average molecular weight is 498 g/mol. The second-order valence-electron chi connectivity index (χ2n) is 5.36. The Morgan fingerprint density at radius 1 is 0.656 bits per heavy atom. The van der Waals surface area contributed by atoms with Crippen molar-refractivity contribution in [1.82, 2.24) is 0 Å². The molecule has 0 aliphatic rings. The molecule has 1 N–H and O–H groups in total. The van der Waals surface area contributed by atoms with Gasteiger partial charge < -0.3 is 0 Å². The molecule has 0 unspecified atom stereocenters. The first-order valence-corrected chi connectivity index (χ1v) is 11.0. The number of halogens is 5. The molecule has 3 rings (SSSR count). The summed E-state index contributed by atoms with van der Waals surface area (Å²) in [6.45, 7) is 0. The van der Waals surface area contributed by atoms with E-state index in [9.17, 15) is 30.4 Å². The molecule has 0 spiro atoms. The van der Waals surface area contributed by atoms with Gasteiger partial charge in [-0.1, -0.05) is 69.5 Å². The summed E-state index contributed by atoms with van der Waals surface area (Å²) in [7, 11) is -4.34. The van der Waals surface area contributed by atoms with Crippen molar-refractivity contribution in [2.75, 3.05) is 6.01 Å². The molecule has 10 heteroatoms. The molecule has 0 amide bonds. The first-order chi connectivity index (χ1) is 14.0. The molecular formula is C22H26F5O3S2+. The van der Waals surface area contributed by atoms with Gasteiger partial charge in [0.1, 0.15) is 0 Å². The number of hydrogen-bond acceptors (Lipinski definition) is 2. The van der Waals surface area contributed by atoms with Crippen molar-refractivity contribution < 1.29 is 34.9 Å². The Kier molecular flexibility index (Phi) is 15.3. The van der Waals surface area contributed by atoms with Gasteiger partial charge in [-0.15, -0.1) is 17.6 Å². The van der Waals surface area contributed by atoms with Crippen LogP contribution in [0.1, 0.15) is 14.9 Å². The van der Waals surface area contributed by atoms with Crippen LogP contribution in [-0.4, -0.2) is 25.4 Å². The zero-order valence-electron chi connectivity index (χ0n) is 15.3. The van der Waals surface area contributed by atoms with Crippen LogP contribution in [0.25, 0.3) is 0 Å². The van der Waals surface area contributed by atoms with E-state index < -0.39 is 22.6 Å². The van der Waals surface area contributed by atoms with Gasteiger partial charge in [-0.2, -0.15) is 8.42 Å². The van der Waals surface area contributed by atoms with Gasteiger partial charge in [0.25, 0.3) is 10.1 Å². The zero-order valence-corrected chi connectivity index (χ0v) is 17.0. The van der Waals surface area contributed by atoms with E-state index in [-0.39, 0.29) is 25.7 Å². The molecule has 0 saturated carbocycles. The highest BCUT2D eigenvalue weighted by Crippen LogP contribution is 2.30. The number of benzene rings is 3. The van der Waals surface area contributed by atoms with Gasteiger partial charge in [0.15, 0.2) is 14.7 Å². The molecule has 0 fully saturated rings. The van der Waals surface area contributed by atoms with Crippen molar-refractivity contribution in [2.24, 2.45) is 0 Å². The molecule has 0 aromatic heterocycles. The third kappa shape index (κ3) is 14.6. The van der Waals surface area contributed by atoms with Crippen LogP contribution in [0.15, 0.2) is 106 Å². The van der Waals surface area contributed by atoms with Crippen molar-refractivity contribution in [3.8, 4) is 0 Å². The molecule has 0 aliphatic carbocycles. The second-order valence-corrected chi connectivity index (χ2v) is 8.77. The predicted molar refractivity (Wildman–Crippen MR) is 120 cm³/mol. The van der Waals surface area contributed by atoms with Gasteiger partial charge in [-0.25, -0.2) is 4.39 Å². The minimum Gasteiger partial charge on any atom is -0.284 e. The van der Waals surface area contributed by atoms with Gasteiger partial charge in [-0.3, -0.25) is 4.55 Å². The maximum absolute atomic E-state index is 10.7. The maximum atomic E-state index is 10.7. The van der Waals surface area contributed by atoms with Crippen molar-refractivity contribution in [2.45, 2.75) is 36.0 Å². The lowest BCUT2D eigenvalue weighted by atomic mass is 10.4. The molecule has 0 saturated heterocycles. The Hall–Kier alpha value is -2.43. The molecule has 3 nitrogen and oxygen atoms in total. The lowest BCUT2D eigenvalue weighted by Crippen LogP contribution is -2.04. The average Bonchev–Trinajstić information content (AvgIpc) is 2.69. The Bertz CT molecular complexity index is 853. The zero-order chi connectivity index (χ0) is 22.6. The van der Waals surface area contributed by atoms with Crippen LogP contribution < -0.4 is 0 Å². The van der Waals surface area contributed by atoms with Crippen LogP contribution >= 0.6 is 0 Å². The SMILES string of the molecule is C.C.FC(F)(F)F.O=S(=O)(O)CF.c1ccc([S+](c2ccccc2)c2ccccc2)cc1. The summed E-state index contributed by atoms with van der Waals surface area (Å²) in [5.74, 6) is 0. The van der Waals surface area contributed by atoms with Crippen molar-refractivity contribution >= 4 is 21.0 Å². The highest BCUT2D eigenvalue weighted by Gasteiger charge is 2.27. The topological polar surface area (TPSA) is 54.4 Å². The highest BCUT2D eigenvalue weighted by atomic mass is 32.2. The van der Waals surface area contributed by atoms with E-state index in [1.54, 1.807) is 0 Å². The van der Waals surface area contributed by atoms with Gasteiger partial charge in [0.05, 0.1) is 10.9 Å². The maximum Gasteiger partial charge on any atom is 0.559 e. The molecule has 0 bridgehead atoms. The fourth-order valence-corrected chi connectivity index (χ4v) is 4.18. The van der Waals surface area contributed by atoms with Gasteiger partial charge >= 0.3 is 6.43 Å². The van der Waals surface area contributed by atoms with Crippen LogP contribution in [0.5, 0.6) is 0 Å². The first-order valence-electron chi connectivity index (χ1n) is 8.17. The third-order valence-electron chi connectivity index (χ3n) is 3.07. The van der Waals surface area contributed by atoms with Crippen molar-refractivity contribution in [1.29, 1.82) is 0 Å². The summed E-state index contributed by atoms with van der Waals surface area (Å²) in [5, 5.41) is 0. The summed E-state index contributed by atoms with van der Waals surface area (Å²) in [4.78, 5) is 4.08. The fraction of sp³-hybridized carbons (Fsp3) is 0.182. The van der Waals surface area contributed by atoms with Crippen LogP contribution in [0.2, 0.25) is 0 Å². The monoisotopic (exact) mass is 497 g/mol. The lowest BCUT2D eigenvalue weighted by Gasteiger charge is -2.07. The van der Waals surface area contributed by atoms with Crippen molar-refractivity contribution in [3.63, 3.8) is 0 Å². The molecule has 3 aromatic carbocycles. The van der Waals surface area contributed by atoms with E-state index in [4.69, 9.17) is 4.55 Å². The minimum atomic E-state index is -5.50. The third-order valence-corrected chi connectivity index (χ3v) is 5.58. The molecule has 178 valence electrons. The largest absolute Gasteiger partial charge is 0.559 e. The Morgan fingerprint density at radius 3 is 1.00 bits per heavy atom. The Morgan fingerprint density at radius 2 is 0.844 bits per heavy atom. The Balaban J connectivity index is 0. The highest BCUT2D eigenvalue weighted by molar-refractivity contribution is 7.97. The number of rotatable bonds is 4. The fourth-order valence-electron chi connectivity index (χ4n) is 2.08. The predicted octanol–water partition coefficient (Wildman–Crippen LogP) is 7.33. The molecule has 3 aromatic rings. The standard InChI is InChI=1S/C18H15S.CF4.CH3FO3S.2CH4/c1-4-10-16(11-5-1)19(17-12-6-2-7-13-17)18-14-8-3-9-15-18;2-1(3,4)5;2-1-6(3,4)5;;/h1-15H;;1H2,(H,3,4,5);2*1H4/q+1;;;;. The smallest absolute Gasteiger partial charge is 0.284 e. The number of hydrogen-bond donors (Lipinski definition) is 1. The van der Waals surface area contributed by atoms with Gasteiger partial charge in [0, 0.05) is 0 Å². The quantitative estimate of drug-likeness (QED) is 0.233. The molecule has 0 atom stereocenters. The van der Waals surface area contributed by atoms with Gasteiger partial charge in [0.2, 0.25) is 6.01 Å². The molecule has 0 aliphatic heterocycles. The minimum absolute atomic E-state index is 0. The van der Waals surface area contributed by atoms with Crippen LogP contribution in [-0.2, 0) is 21.0 Å². The summed E-state index contributed by atoms with van der Waals surface area (Å²) in [6.07, 6.45) is -5.50. The van der Waals surface area contributed by atoms with E-state index >= 15 is 0 Å². The van der Waals surface area contributed by atoms with E-state index in [2.05, 4.69) is 91.0 Å². The van der Waals surface area contributed by atoms with E-state index in [1.807, 2.05) is 0 Å². The van der Waals surface area contributed by atoms with E-state index in [0.29, 0.717) is 0 Å². The van der Waals surface area contributed by atoms with Crippen molar-refractivity contribution in [3.05, 3.63) is 91.0 Å². The summed E-state index contributed by atoms with van der Waals surface area (Å²) < 4.78 is 75.2. The molecule has 32 heavy (non-hydrogen) atoms. The number of alkyl halides is 5. The molecule has 0 radical (unpaired) electrons. The lowest BCUT2D eigenvalue weighted by molar-refractivity contribution is -0.237. The van der Waals surface area contributed by atoms with Gasteiger partial charge in [-0.05, 0) is 36.4 Å². The Labute approximate surface area is 189 Å². The van der Waals surface area contributed by atoms with E-state index in [1.165, 1.54) is 14.7 Å². The van der Waals surface area contributed by atoms with Crippen LogP contribution in [0.3, 0.4) is 0 Å².